The second-order valence-electron chi connectivity index (χ2n) is 8.07. The van der Waals surface area contributed by atoms with E-state index in [9.17, 15) is 14.0 Å². The Morgan fingerprint density at radius 1 is 1.24 bits per heavy atom. The lowest BCUT2D eigenvalue weighted by Crippen LogP contribution is -2.46. The number of carboxylic acid groups (broad SMARTS) is 1. The Kier molecular flexibility index (Phi) is 6.52. The van der Waals surface area contributed by atoms with Gasteiger partial charge in [0.1, 0.15) is 5.82 Å². The van der Waals surface area contributed by atoms with E-state index in [4.69, 9.17) is 20.3 Å². The minimum atomic E-state index is -0.950. The molecule has 4 rings (SSSR count). The van der Waals surface area contributed by atoms with Gasteiger partial charge in [-0.3, -0.25) is 9.59 Å². The van der Waals surface area contributed by atoms with Crippen LogP contribution in [0.5, 0.6) is 0 Å². The number of nitrogens with zero attached hydrogens (tertiary/aromatic N) is 3. The van der Waals surface area contributed by atoms with Gasteiger partial charge >= 0.3 is 5.97 Å². The average Bonchev–Trinajstić information content (AvgIpc) is 3.25. The summed E-state index contributed by atoms with van der Waals surface area (Å²) in [4.78, 5) is 38.8. The number of hydrogen-bond acceptors (Lipinski definition) is 8. The largest absolute Gasteiger partial charge is 0.481 e. The molecule has 1 aromatic carbocycles. The third kappa shape index (κ3) is 5.02. The zero-order valence-electron chi connectivity index (χ0n) is 18.2. The van der Waals surface area contributed by atoms with Crippen LogP contribution in [0.15, 0.2) is 36.5 Å². The Morgan fingerprint density at radius 2 is 1.94 bits per heavy atom. The number of nitrogens with one attached hydrogen (secondary N) is 2. The van der Waals surface area contributed by atoms with Crippen molar-refractivity contribution in [1.82, 2.24) is 19.9 Å². The third-order valence-corrected chi connectivity index (χ3v) is 5.30. The molecule has 0 atom stereocenters. The lowest BCUT2D eigenvalue weighted by molar-refractivity contribution is -0.230. The number of aromatic amines is 1. The van der Waals surface area contributed by atoms with Crippen molar-refractivity contribution >= 4 is 17.8 Å². The number of rotatable bonds is 8. The van der Waals surface area contributed by atoms with E-state index in [-0.39, 0.29) is 32.1 Å². The standard InChI is InChI=1S/C22H23FN6O5/c1-22(20(24)32)10-33-19(34-11-22)18-28-16(12-2-4-13(23)5-3-12)17(29-18)14-6-8-25-21(27-14)26-9-7-15(30)31/h2-6,8,19H,7,9-11H2,1H3,(H2,24,32)(H,28,29)(H,30,31)(H,25,26,27). The summed E-state index contributed by atoms with van der Waals surface area (Å²) in [6.45, 7) is 1.92. The SMILES string of the molecule is CC1(C(N)=O)COC(c2nc(-c3ccc(F)cc3)c(-c3ccnc(NCCC(=O)O)n3)[nH]2)OC1. The number of ether oxygens (including phenoxy) is 2. The fourth-order valence-corrected chi connectivity index (χ4v) is 3.28. The monoisotopic (exact) mass is 470 g/mol. The number of imidazole rings is 1. The maximum Gasteiger partial charge on any atom is 0.305 e. The summed E-state index contributed by atoms with van der Waals surface area (Å²) in [5.41, 5.74) is 6.54. The first-order chi connectivity index (χ1) is 16.2. The summed E-state index contributed by atoms with van der Waals surface area (Å²) in [5.74, 6) is -1.29. The summed E-state index contributed by atoms with van der Waals surface area (Å²) in [7, 11) is 0. The predicted octanol–water partition coefficient (Wildman–Crippen LogP) is 2.10. The van der Waals surface area contributed by atoms with Crippen molar-refractivity contribution in [2.75, 3.05) is 25.1 Å². The van der Waals surface area contributed by atoms with Crippen LogP contribution in [-0.4, -0.2) is 56.7 Å². The first kappa shape index (κ1) is 23.3. The highest BCUT2D eigenvalue weighted by molar-refractivity contribution is 5.81. The molecule has 34 heavy (non-hydrogen) atoms. The van der Waals surface area contributed by atoms with E-state index in [1.807, 2.05) is 0 Å². The van der Waals surface area contributed by atoms with Gasteiger partial charge in [0.15, 0.2) is 5.82 Å². The number of carbonyl (C=O) groups is 2. The zero-order valence-corrected chi connectivity index (χ0v) is 18.2. The smallest absolute Gasteiger partial charge is 0.305 e. The average molecular weight is 470 g/mol. The molecule has 1 fully saturated rings. The molecule has 3 aromatic rings. The molecule has 0 aliphatic carbocycles. The van der Waals surface area contributed by atoms with Crippen LogP contribution in [-0.2, 0) is 19.1 Å². The Hall–Kier alpha value is -3.90. The number of H-pyrrole nitrogens is 1. The molecule has 0 saturated carbocycles. The molecule has 178 valence electrons. The highest BCUT2D eigenvalue weighted by atomic mass is 19.1. The third-order valence-electron chi connectivity index (χ3n) is 5.30. The van der Waals surface area contributed by atoms with Crippen molar-refractivity contribution < 1.29 is 28.6 Å². The van der Waals surface area contributed by atoms with E-state index in [0.717, 1.165) is 0 Å². The maximum absolute atomic E-state index is 13.5. The molecule has 3 heterocycles. The van der Waals surface area contributed by atoms with Crippen molar-refractivity contribution in [2.45, 2.75) is 19.6 Å². The van der Waals surface area contributed by atoms with Crippen molar-refractivity contribution in [3.8, 4) is 22.6 Å². The van der Waals surface area contributed by atoms with Gasteiger partial charge in [-0.1, -0.05) is 0 Å². The summed E-state index contributed by atoms with van der Waals surface area (Å²) >= 11 is 0. The number of primary amides is 1. The van der Waals surface area contributed by atoms with Gasteiger partial charge in [-0.25, -0.2) is 19.3 Å². The van der Waals surface area contributed by atoms with Crippen LogP contribution in [0.2, 0.25) is 0 Å². The lowest BCUT2D eigenvalue weighted by atomic mass is 9.91. The molecule has 1 saturated heterocycles. The minimum absolute atomic E-state index is 0.0556. The summed E-state index contributed by atoms with van der Waals surface area (Å²) < 4.78 is 25.0. The molecule has 1 aliphatic rings. The number of hydrogen-bond donors (Lipinski definition) is 4. The van der Waals surface area contributed by atoms with E-state index in [1.54, 1.807) is 25.1 Å². The van der Waals surface area contributed by atoms with Crippen LogP contribution in [0.4, 0.5) is 10.3 Å². The lowest BCUT2D eigenvalue weighted by Gasteiger charge is -2.34. The minimum Gasteiger partial charge on any atom is -0.481 e. The van der Waals surface area contributed by atoms with Gasteiger partial charge < -0.3 is 30.6 Å². The van der Waals surface area contributed by atoms with E-state index in [0.29, 0.717) is 28.5 Å². The number of aromatic nitrogens is 4. The topological polar surface area (TPSA) is 165 Å². The van der Waals surface area contributed by atoms with Crippen LogP contribution in [0.3, 0.4) is 0 Å². The van der Waals surface area contributed by atoms with Gasteiger partial charge in [0, 0.05) is 18.3 Å². The quantitative estimate of drug-likeness (QED) is 0.386. The summed E-state index contributed by atoms with van der Waals surface area (Å²) in [6, 6.07) is 7.45. The molecule has 12 heteroatoms. The molecule has 0 radical (unpaired) electrons. The molecular weight excluding hydrogens is 447 g/mol. The molecule has 1 amide bonds. The molecule has 11 nitrogen and oxygen atoms in total. The van der Waals surface area contributed by atoms with Crippen LogP contribution in [0, 0.1) is 11.2 Å². The fourth-order valence-electron chi connectivity index (χ4n) is 3.28. The first-order valence-electron chi connectivity index (χ1n) is 10.4. The predicted molar refractivity (Wildman–Crippen MR) is 118 cm³/mol. The second-order valence-corrected chi connectivity index (χ2v) is 8.07. The van der Waals surface area contributed by atoms with E-state index in [1.165, 1.54) is 18.3 Å². The Morgan fingerprint density at radius 3 is 2.59 bits per heavy atom. The molecule has 0 spiro atoms. The Balaban J connectivity index is 1.66. The van der Waals surface area contributed by atoms with Crippen molar-refractivity contribution in [2.24, 2.45) is 11.1 Å². The number of nitrogens with two attached hydrogens (primary N) is 1. The van der Waals surface area contributed by atoms with Gasteiger partial charge in [0.25, 0.3) is 0 Å². The van der Waals surface area contributed by atoms with Crippen molar-refractivity contribution in [3.63, 3.8) is 0 Å². The number of halogens is 1. The van der Waals surface area contributed by atoms with Crippen LogP contribution < -0.4 is 11.1 Å². The maximum atomic E-state index is 13.5. The van der Waals surface area contributed by atoms with Crippen LogP contribution in [0.1, 0.15) is 25.5 Å². The van der Waals surface area contributed by atoms with Gasteiger partial charge in [0.2, 0.25) is 18.1 Å². The number of carboxylic acids is 1. The van der Waals surface area contributed by atoms with Gasteiger partial charge in [-0.05, 0) is 37.3 Å². The van der Waals surface area contributed by atoms with Crippen molar-refractivity contribution in [3.05, 3.63) is 48.2 Å². The summed E-state index contributed by atoms with van der Waals surface area (Å²) in [6.07, 6.45) is 0.547. The highest BCUT2D eigenvalue weighted by Crippen LogP contribution is 2.35. The van der Waals surface area contributed by atoms with E-state index >= 15 is 0 Å². The molecule has 5 N–H and O–H groups in total. The number of amides is 1. The first-order valence-corrected chi connectivity index (χ1v) is 10.4. The highest BCUT2D eigenvalue weighted by Gasteiger charge is 2.39. The summed E-state index contributed by atoms with van der Waals surface area (Å²) in [5, 5.41) is 11.7. The van der Waals surface area contributed by atoms with Gasteiger partial charge in [-0.2, -0.15) is 0 Å². The van der Waals surface area contributed by atoms with Gasteiger partial charge in [-0.15, -0.1) is 0 Å². The van der Waals surface area contributed by atoms with Crippen molar-refractivity contribution in [1.29, 1.82) is 0 Å². The number of carbonyl (C=O) groups excluding carboxylic acids is 1. The normalized spacial score (nSPS) is 20.1. The fraction of sp³-hybridized carbons (Fsp3) is 0.318. The van der Waals surface area contributed by atoms with E-state index < -0.39 is 29.4 Å². The number of aliphatic carboxylic acids is 1. The second kappa shape index (κ2) is 9.53. The zero-order chi connectivity index (χ0) is 24.3. The van der Waals surface area contributed by atoms with Crippen LogP contribution >= 0.6 is 0 Å². The molecule has 1 aliphatic heterocycles. The molecule has 0 unspecified atom stereocenters. The molecular formula is C22H23FN6O5. The molecule has 2 aromatic heterocycles. The Bertz CT molecular complexity index is 1190. The number of anilines is 1. The number of benzene rings is 1. The van der Waals surface area contributed by atoms with Gasteiger partial charge in [0.05, 0.1) is 42.1 Å². The van der Waals surface area contributed by atoms with E-state index in [2.05, 4.69) is 25.3 Å². The molecule has 0 bridgehead atoms. The Labute approximate surface area is 193 Å². The van der Waals surface area contributed by atoms with Crippen LogP contribution in [0.25, 0.3) is 22.6 Å².